The first kappa shape index (κ1) is 21.3. The van der Waals surface area contributed by atoms with Crippen LogP contribution in [0.5, 0.6) is 11.5 Å². The molecule has 6 nitrogen and oxygen atoms in total. The Morgan fingerprint density at radius 3 is 2.17 bits per heavy atom. The number of nitrogens with zero attached hydrogens (tertiary/aromatic N) is 2. The molecule has 3 rings (SSSR count). The summed E-state index contributed by atoms with van der Waals surface area (Å²) < 4.78 is 39.7. The van der Waals surface area contributed by atoms with Crippen molar-refractivity contribution in [1.29, 1.82) is 0 Å². The first-order valence-electron chi connectivity index (χ1n) is 9.26. The molecule has 0 saturated heterocycles. The Morgan fingerprint density at radius 1 is 0.967 bits per heavy atom. The standard InChI is InChI=1S/C22H23F2N3O3/c1-12-6-19(29-4)20(30-5)10-18(12)25-22-26-21(28)13(2)14(3)27(22)11-15-7-16(23)9-17(24)8-15/h6-10H,11H2,1-5H3,(H,25,26,28). The number of halogens is 2. The summed E-state index contributed by atoms with van der Waals surface area (Å²) in [4.78, 5) is 16.5. The average molecular weight is 415 g/mol. The highest BCUT2D eigenvalue weighted by molar-refractivity contribution is 5.65. The first-order chi connectivity index (χ1) is 14.2. The SMILES string of the molecule is COc1cc(C)c(Nc2nc(=O)c(C)c(C)n2Cc2cc(F)cc(F)c2)cc1OC. The molecule has 0 aliphatic rings. The van der Waals surface area contributed by atoms with Gasteiger partial charge in [-0.1, -0.05) is 0 Å². The van der Waals surface area contributed by atoms with Gasteiger partial charge in [0.05, 0.1) is 20.8 Å². The van der Waals surface area contributed by atoms with Crippen molar-refractivity contribution in [3.8, 4) is 11.5 Å². The first-order valence-corrected chi connectivity index (χ1v) is 9.26. The van der Waals surface area contributed by atoms with Crippen LogP contribution in [0.3, 0.4) is 0 Å². The zero-order valence-electron chi connectivity index (χ0n) is 17.5. The van der Waals surface area contributed by atoms with Crippen molar-refractivity contribution in [2.75, 3.05) is 19.5 Å². The summed E-state index contributed by atoms with van der Waals surface area (Å²) >= 11 is 0. The summed E-state index contributed by atoms with van der Waals surface area (Å²) in [6.07, 6.45) is 0. The molecule has 0 radical (unpaired) electrons. The number of aromatic nitrogens is 2. The van der Waals surface area contributed by atoms with Crippen LogP contribution in [0.1, 0.15) is 22.4 Å². The minimum Gasteiger partial charge on any atom is -0.493 e. The van der Waals surface area contributed by atoms with E-state index in [4.69, 9.17) is 9.47 Å². The van der Waals surface area contributed by atoms with Crippen molar-refractivity contribution in [3.05, 3.63) is 74.7 Å². The highest BCUT2D eigenvalue weighted by atomic mass is 19.1. The molecule has 0 spiro atoms. The third kappa shape index (κ3) is 4.27. The molecule has 30 heavy (non-hydrogen) atoms. The number of hydrogen-bond acceptors (Lipinski definition) is 5. The summed E-state index contributed by atoms with van der Waals surface area (Å²) in [5.41, 5.74) is 2.62. The topological polar surface area (TPSA) is 65.4 Å². The quantitative estimate of drug-likeness (QED) is 0.652. The average Bonchev–Trinajstić information content (AvgIpc) is 2.69. The molecule has 1 N–H and O–H groups in total. The predicted molar refractivity (Wildman–Crippen MR) is 111 cm³/mol. The van der Waals surface area contributed by atoms with Crippen molar-refractivity contribution in [3.63, 3.8) is 0 Å². The molecule has 0 saturated carbocycles. The largest absolute Gasteiger partial charge is 0.493 e. The molecule has 0 amide bonds. The van der Waals surface area contributed by atoms with E-state index in [-0.39, 0.29) is 18.1 Å². The third-order valence-electron chi connectivity index (χ3n) is 4.97. The van der Waals surface area contributed by atoms with Crippen LogP contribution in [0, 0.1) is 32.4 Å². The molecule has 2 aromatic carbocycles. The lowest BCUT2D eigenvalue weighted by Gasteiger charge is -2.20. The second-order valence-electron chi connectivity index (χ2n) is 6.96. The number of anilines is 2. The summed E-state index contributed by atoms with van der Waals surface area (Å²) in [6, 6.07) is 6.86. The zero-order chi connectivity index (χ0) is 22.0. The molecule has 0 unspecified atom stereocenters. The molecule has 0 atom stereocenters. The van der Waals surface area contributed by atoms with E-state index in [1.807, 2.05) is 6.92 Å². The van der Waals surface area contributed by atoms with Gasteiger partial charge in [0.25, 0.3) is 5.56 Å². The van der Waals surface area contributed by atoms with Crippen LogP contribution in [0.4, 0.5) is 20.4 Å². The Hall–Kier alpha value is -3.42. The smallest absolute Gasteiger partial charge is 0.277 e. The highest BCUT2D eigenvalue weighted by Gasteiger charge is 2.15. The lowest BCUT2D eigenvalue weighted by Crippen LogP contribution is -2.22. The van der Waals surface area contributed by atoms with Gasteiger partial charge in [0.2, 0.25) is 5.95 Å². The number of ether oxygens (including phenoxy) is 2. The monoisotopic (exact) mass is 415 g/mol. The van der Waals surface area contributed by atoms with Crippen molar-refractivity contribution in [1.82, 2.24) is 9.55 Å². The molecule has 158 valence electrons. The molecule has 3 aromatic rings. The third-order valence-corrected chi connectivity index (χ3v) is 4.97. The van der Waals surface area contributed by atoms with E-state index in [0.29, 0.717) is 34.0 Å². The van der Waals surface area contributed by atoms with E-state index in [1.54, 1.807) is 37.7 Å². The van der Waals surface area contributed by atoms with E-state index in [0.717, 1.165) is 11.6 Å². The van der Waals surface area contributed by atoms with Crippen LogP contribution in [0.15, 0.2) is 35.1 Å². The van der Waals surface area contributed by atoms with Gasteiger partial charge in [-0.2, -0.15) is 4.98 Å². The van der Waals surface area contributed by atoms with Crippen LogP contribution in [0.25, 0.3) is 0 Å². The molecule has 0 aliphatic heterocycles. The maximum atomic E-state index is 13.7. The maximum absolute atomic E-state index is 13.7. The van der Waals surface area contributed by atoms with E-state index < -0.39 is 11.6 Å². The second-order valence-corrected chi connectivity index (χ2v) is 6.96. The highest BCUT2D eigenvalue weighted by Crippen LogP contribution is 2.34. The van der Waals surface area contributed by atoms with Gasteiger partial charge in [-0.25, -0.2) is 8.78 Å². The Bertz CT molecular complexity index is 1140. The fourth-order valence-electron chi connectivity index (χ4n) is 3.17. The van der Waals surface area contributed by atoms with Gasteiger partial charge in [-0.15, -0.1) is 0 Å². The van der Waals surface area contributed by atoms with E-state index >= 15 is 0 Å². The minimum absolute atomic E-state index is 0.128. The van der Waals surface area contributed by atoms with Crippen molar-refractivity contribution in [2.45, 2.75) is 27.3 Å². The number of nitrogens with one attached hydrogen (secondary N) is 1. The van der Waals surface area contributed by atoms with Gasteiger partial charge in [0, 0.05) is 29.1 Å². The number of rotatable bonds is 6. The Balaban J connectivity index is 2.10. The van der Waals surface area contributed by atoms with Gasteiger partial charge in [0.1, 0.15) is 11.6 Å². The van der Waals surface area contributed by atoms with Crippen molar-refractivity contribution < 1.29 is 18.3 Å². The Labute approximate surface area is 173 Å². The number of methoxy groups -OCH3 is 2. The minimum atomic E-state index is -0.668. The van der Waals surface area contributed by atoms with E-state index in [2.05, 4.69) is 10.3 Å². The number of hydrogen-bond donors (Lipinski definition) is 1. The molecular formula is C22H23F2N3O3. The maximum Gasteiger partial charge on any atom is 0.277 e. The number of benzene rings is 2. The lowest BCUT2D eigenvalue weighted by atomic mass is 10.1. The summed E-state index contributed by atoms with van der Waals surface area (Å²) in [7, 11) is 3.07. The fraction of sp³-hybridized carbons (Fsp3) is 0.273. The van der Waals surface area contributed by atoms with Gasteiger partial charge >= 0.3 is 0 Å². The Morgan fingerprint density at radius 2 is 1.57 bits per heavy atom. The molecule has 0 bridgehead atoms. The number of aryl methyl sites for hydroxylation is 1. The lowest BCUT2D eigenvalue weighted by molar-refractivity contribution is 0.355. The van der Waals surface area contributed by atoms with Crippen LogP contribution >= 0.6 is 0 Å². The van der Waals surface area contributed by atoms with Gasteiger partial charge in [0.15, 0.2) is 11.5 Å². The van der Waals surface area contributed by atoms with Gasteiger partial charge in [-0.3, -0.25) is 4.79 Å². The molecular weight excluding hydrogens is 392 g/mol. The van der Waals surface area contributed by atoms with Crippen LogP contribution in [-0.2, 0) is 6.54 Å². The second kappa shape index (κ2) is 8.52. The van der Waals surface area contributed by atoms with Gasteiger partial charge < -0.3 is 19.4 Å². The van der Waals surface area contributed by atoms with E-state index in [1.165, 1.54) is 19.2 Å². The van der Waals surface area contributed by atoms with Crippen molar-refractivity contribution >= 4 is 11.6 Å². The summed E-state index contributed by atoms with van der Waals surface area (Å²) in [5.74, 6) is -0.00269. The zero-order valence-corrected chi connectivity index (χ0v) is 17.5. The summed E-state index contributed by atoms with van der Waals surface area (Å²) in [5, 5.41) is 3.15. The molecule has 8 heteroatoms. The Kier molecular flexibility index (Phi) is 6.05. The van der Waals surface area contributed by atoms with Gasteiger partial charge in [-0.05, 0) is 50.1 Å². The summed E-state index contributed by atoms with van der Waals surface area (Å²) in [6.45, 7) is 5.43. The molecule has 0 fully saturated rings. The molecule has 1 aromatic heterocycles. The van der Waals surface area contributed by atoms with Crippen molar-refractivity contribution in [2.24, 2.45) is 0 Å². The molecule has 1 heterocycles. The molecule has 0 aliphatic carbocycles. The van der Waals surface area contributed by atoms with Crippen LogP contribution in [-0.4, -0.2) is 23.8 Å². The predicted octanol–water partition coefficient (Wildman–Crippen LogP) is 4.26. The van der Waals surface area contributed by atoms with Crippen LogP contribution < -0.4 is 20.3 Å². The van der Waals surface area contributed by atoms with E-state index in [9.17, 15) is 13.6 Å². The fourth-order valence-corrected chi connectivity index (χ4v) is 3.17. The van der Waals surface area contributed by atoms with Crippen LogP contribution in [0.2, 0.25) is 0 Å². The normalized spacial score (nSPS) is 10.8.